The molecule has 0 saturated heterocycles. The van der Waals surface area contributed by atoms with Crippen LogP contribution in [0.25, 0.3) is 21.9 Å². The summed E-state index contributed by atoms with van der Waals surface area (Å²) < 4.78 is 10.2. The lowest BCUT2D eigenvalue weighted by Gasteiger charge is -2.22. The number of benzene rings is 1. The van der Waals surface area contributed by atoms with E-state index in [1.54, 1.807) is 18.4 Å². The molecule has 0 aliphatic rings. The van der Waals surface area contributed by atoms with Gasteiger partial charge in [-0.15, -0.1) is 0 Å². The molecule has 18 heavy (non-hydrogen) atoms. The molecular formula is C11H8NO5P-2. The Labute approximate surface area is 102 Å². The first-order chi connectivity index (χ1) is 8.56. The van der Waals surface area contributed by atoms with Gasteiger partial charge >= 0.3 is 5.63 Å². The van der Waals surface area contributed by atoms with Crippen molar-refractivity contribution in [1.29, 1.82) is 0 Å². The van der Waals surface area contributed by atoms with E-state index in [4.69, 9.17) is 18.6 Å². The third kappa shape index (κ3) is 2.94. The molecule has 3 aromatic rings. The normalized spacial score (nSPS) is 10.7. The van der Waals surface area contributed by atoms with Gasteiger partial charge in [0.15, 0.2) is 0 Å². The predicted octanol–water partition coefficient (Wildman–Crippen LogP) is 0.432. The highest BCUT2D eigenvalue weighted by Gasteiger charge is 2.01. The number of hydrogen-bond donors (Lipinski definition) is 1. The van der Waals surface area contributed by atoms with Crippen molar-refractivity contribution in [2.24, 2.45) is 5.50 Å². The van der Waals surface area contributed by atoms with Crippen molar-refractivity contribution in [3.05, 3.63) is 47.0 Å². The summed E-state index contributed by atoms with van der Waals surface area (Å²) >= 11 is 0. The summed E-state index contributed by atoms with van der Waals surface area (Å²) in [6.07, 6.45) is 1.61. The van der Waals surface area contributed by atoms with Crippen molar-refractivity contribution >= 4 is 30.5 Å². The van der Waals surface area contributed by atoms with Crippen LogP contribution >= 0.6 is 8.53 Å². The second-order valence-corrected chi connectivity index (χ2v) is 3.96. The SMILES string of the molecule is NP([O-])[O-].O=c1ccc2cc3ccoc3cc2o1. The molecule has 0 radical (unpaired) electrons. The fraction of sp³-hybridized carbons (Fsp3) is 0. The van der Waals surface area contributed by atoms with E-state index in [9.17, 15) is 4.79 Å². The quantitative estimate of drug-likeness (QED) is 0.465. The van der Waals surface area contributed by atoms with Gasteiger partial charge < -0.3 is 24.1 Å². The Morgan fingerprint density at radius 3 is 2.44 bits per heavy atom. The molecular weight excluding hydrogens is 257 g/mol. The van der Waals surface area contributed by atoms with Gasteiger partial charge in [0.2, 0.25) is 0 Å². The molecule has 0 aliphatic carbocycles. The number of hydrogen-bond acceptors (Lipinski definition) is 6. The molecule has 2 heterocycles. The third-order valence-corrected chi connectivity index (χ3v) is 2.19. The highest BCUT2D eigenvalue weighted by molar-refractivity contribution is 7.39. The molecule has 0 spiro atoms. The minimum absolute atomic E-state index is 0.344. The maximum Gasteiger partial charge on any atom is 0.336 e. The molecule has 0 unspecified atom stereocenters. The van der Waals surface area contributed by atoms with Gasteiger partial charge in [-0.25, -0.2) is 13.3 Å². The zero-order valence-electron chi connectivity index (χ0n) is 9.03. The lowest BCUT2D eigenvalue weighted by Crippen LogP contribution is -2.14. The van der Waals surface area contributed by atoms with Gasteiger partial charge in [0.05, 0.1) is 6.26 Å². The first-order valence-electron chi connectivity index (χ1n) is 4.86. The first-order valence-corrected chi connectivity index (χ1v) is 6.11. The second-order valence-electron chi connectivity index (χ2n) is 3.39. The minimum Gasteiger partial charge on any atom is -0.830 e. The fourth-order valence-electron chi connectivity index (χ4n) is 1.53. The van der Waals surface area contributed by atoms with Gasteiger partial charge in [-0.2, -0.15) is 0 Å². The van der Waals surface area contributed by atoms with Crippen LogP contribution in [-0.4, -0.2) is 0 Å². The van der Waals surface area contributed by atoms with Crippen LogP contribution in [0.15, 0.2) is 50.2 Å². The van der Waals surface area contributed by atoms with Crippen LogP contribution < -0.4 is 20.9 Å². The van der Waals surface area contributed by atoms with E-state index in [1.165, 1.54) is 6.07 Å². The molecule has 0 aliphatic heterocycles. The van der Waals surface area contributed by atoms with Crippen molar-refractivity contribution in [3.8, 4) is 0 Å². The van der Waals surface area contributed by atoms with Gasteiger partial charge in [0.25, 0.3) is 0 Å². The highest BCUT2D eigenvalue weighted by atomic mass is 31.2. The Kier molecular flexibility index (Phi) is 3.74. The average molecular weight is 265 g/mol. The van der Waals surface area contributed by atoms with Crippen molar-refractivity contribution in [1.82, 2.24) is 0 Å². The van der Waals surface area contributed by atoms with Crippen LogP contribution in [0.4, 0.5) is 0 Å². The Morgan fingerprint density at radius 2 is 1.72 bits per heavy atom. The summed E-state index contributed by atoms with van der Waals surface area (Å²) in [6, 6.07) is 8.69. The van der Waals surface area contributed by atoms with E-state index in [-0.39, 0.29) is 5.63 Å². The van der Waals surface area contributed by atoms with E-state index in [0.717, 1.165) is 16.4 Å². The molecule has 7 heteroatoms. The molecule has 0 amide bonds. The Hall–Kier alpha value is -1.72. The maximum absolute atomic E-state index is 11.0. The van der Waals surface area contributed by atoms with Crippen LogP contribution in [0.3, 0.4) is 0 Å². The molecule has 3 rings (SSSR count). The molecule has 0 saturated carbocycles. The van der Waals surface area contributed by atoms with Gasteiger partial charge in [-0.1, -0.05) is 0 Å². The summed E-state index contributed by atoms with van der Waals surface area (Å²) in [5, 5.41) is 1.91. The molecule has 94 valence electrons. The van der Waals surface area contributed by atoms with Crippen molar-refractivity contribution in [2.45, 2.75) is 0 Å². The van der Waals surface area contributed by atoms with Gasteiger partial charge in [0, 0.05) is 22.9 Å². The molecule has 0 bridgehead atoms. The predicted molar refractivity (Wildman–Crippen MR) is 63.4 cm³/mol. The monoisotopic (exact) mass is 265 g/mol. The lowest BCUT2D eigenvalue weighted by molar-refractivity contribution is -0.292. The van der Waals surface area contributed by atoms with Crippen LogP contribution in [0.5, 0.6) is 0 Å². The topological polar surface area (TPSA) is 115 Å². The van der Waals surface area contributed by atoms with E-state index in [2.05, 4.69) is 5.50 Å². The standard InChI is InChI=1S/C11H6O3.H2NO2P/c12-11-2-1-7-5-8-3-4-13-9(8)6-10(7)14-11;1-4(2)3/h1-6H;1H2/q;-2. The summed E-state index contributed by atoms with van der Waals surface area (Å²) in [5.74, 6) is 0. The Morgan fingerprint density at radius 1 is 1.06 bits per heavy atom. The van der Waals surface area contributed by atoms with Crippen molar-refractivity contribution in [2.75, 3.05) is 0 Å². The summed E-state index contributed by atoms with van der Waals surface area (Å²) in [7, 11) is -2.62. The van der Waals surface area contributed by atoms with Crippen LogP contribution in [0.2, 0.25) is 0 Å². The van der Waals surface area contributed by atoms with Crippen molar-refractivity contribution < 1.29 is 18.6 Å². The van der Waals surface area contributed by atoms with Gasteiger partial charge in [-0.05, 0) is 18.2 Å². The zero-order valence-corrected chi connectivity index (χ0v) is 9.92. The zero-order chi connectivity index (χ0) is 13.1. The summed E-state index contributed by atoms with van der Waals surface area (Å²) in [4.78, 5) is 28.6. The minimum atomic E-state index is -2.62. The third-order valence-electron chi connectivity index (χ3n) is 2.19. The van der Waals surface area contributed by atoms with E-state index >= 15 is 0 Å². The van der Waals surface area contributed by atoms with Crippen LogP contribution in [-0.2, 0) is 0 Å². The van der Waals surface area contributed by atoms with Crippen LogP contribution in [0.1, 0.15) is 0 Å². The first kappa shape index (κ1) is 12.7. The smallest absolute Gasteiger partial charge is 0.336 e. The second kappa shape index (κ2) is 5.29. The maximum atomic E-state index is 11.0. The molecule has 0 atom stereocenters. The Balaban J connectivity index is 0.000000267. The number of nitrogens with two attached hydrogens (primary N) is 1. The number of rotatable bonds is 0. The van der Waals surface area contributed by atoms with E-state index in [0.29, 0.717) is 5.58 Å². The fourth-order valence-corrected chi connectivity index (χ4v) is 1.53. The largest absolute Gasteiger partial charge is 0.830 e. The van der Waals surface area contributed by atoms with E-state index in [1.807, 2.05) is 12.1 Å². The van der Waals surface area contributed by atoms with Crippen molar-refractivity contribution in [3.63, 3.8) is 0 Å². The molecule has 2 N–H and O–H groups in total. The molecule has 6 nitrogen and oxygen atoms in total. The molecule has 0 fully saturated rings. The van der Waals surface area contributed by atoms with Gasteiger partial charge in [0.1, 0.15) is 11.2 Å². The number of fused-ring (bicyclic) bond motifs is 2. The van der Waals surface area contributed by atoms with E-state index < -0.39 is 8.53 Å². The van der Waals surface area contributed by atoms with Gasteiger partial charge in [-0.3, -0.25) is 0 Å². The highest BCUT2D eigenvalue weighted by Crippen LogP contribution is 2.22. The van der Waals surface area contributed by atoms with Crippen LogP contribution in [0, 0.1) is 0 Å². The summed E-state index contributed by atoms with van der Waals surface area (Å²) in [5.41, 5.74) is 5.00. The lowest BCUT2D eigenvalue weighted by atomic mass is 10.2. The Bertz CT molecular complexity index is 715. The molecule has 1 aromatic carbocycles. The summed E-state index contributed by atoms with van der Waals surface area (Å²) in [6.45, 7) is 0. The molecule has 2 aromatic heterocycles. The average Bonchev–Trinajstić information content (AvgIpc) is 2.72. The number of furan rings is 1.